The first-order valence-electron chi connectivity index (χ1n) is 11.8. The van der Waals surface area contributed by atoms with E-state index in [4.69, 9.17) is 4.74 Å². The van der Waals surface area contributed by atoms with Crippen LogP contribution in [0.2, 0.25) is 0 Å². The van der Waals surface area contributed by atoms with Crippen molar-refractivity contribution >= 4 is 0 Å². The molecule has 0 saturated heterocycles. The minimum Gasteiger partial charge on any atom is -0.486 e. The number of benzene rings is 3. The van der Waals surface area contributed by atoms with Gasteiger partial charge < -0.3 is 4.74 Å². The van der Waals surface area contributed by atoms with E-state index >= 15 is 0 Å². The molecule has 1 aliphatic rings. The molecule has 186 valence electrons. The van der Waals surface area contributed by atoms with Crippen LogP contribution in [0.3, 0.4) is 0 Å². The van der Waals surface area contributed by atoms with Crippen molar-refractivity contribution in [3.05, 3.63) is 88.5 Å². The summed E-state index contributed by atoms with van der Waals surface area (Å²) in [6.07, 6.45) is 6.74. The van der Waals surface area contributed by atoms with E-state index < -0.39 is 46.2 Å². The molecule has 0 heterocycles. The van der Waals surface area contributed by atoms with E-state index in [0.717, 1.165) is 49.3 Å². The van der Waals surface area contributed by atoms with E-state index in [9.17, 15) is 26.3 Å². The van der Waals surface area contributed by atoms with Gasteiger partial charge in [-0.15, -0.1) is 0 Å². The van der Waals surface area contributed by atoms with Gasteiger partial charge in [0.25, 0.3) is 0 Å². The molecular weight excluding hydrogens is 466 g/mol. The molecule has 0 bridgehead atoms. The van der Waals surface area contributed by atoms with Crippen LogP contribution >= 0.6 is 0 Å². The van der Waals surface area contributed by atoms with Crippen LogP contribution in [0.5, 0.6) is 5.75 Å². The second-order valence-corrected chi connectivity index (χ2v) is 9.14. The average Bonchev–Trinajstić information content (AvgIpc) is 2.84. The summed E-state index contributed by atoms with van der Waals surface area (Å²) in [6.45, 7) is 1.86. The molecule has 1 aliphatic carbocycles. The van der Waals surface area contributed by atoms with Gasteiger partial charge in [0, 0.05) is 11.1 Å². The molecule has 0 unspecified atom stereocenters. The molecule has 7 heteroatoms. The third kappa shape index (κ3) is 5.49. The Bertz CT molecular complexity index is 1180. The van der Waals surface area contributed by atoms with E-state index in [1.54, 1.807) is 6.07 Å². The molecule has 0 N–H and O–H groups in total. The van der Waals surface area contributed by atoms with Crippen LogP contribution in [0.15, 0.2) is 42.5 Å². The van der Waals surface area contributed by atoms with Crippen molar-refractivity contribution < 1.29 is 31.1 Å². The van der Waals surface area contributed by atoms with Gasteiger partial charge >= 0.3 is 0 Å². The highest BCUT2D eigenvalue weighted by molar-refractivity contribution is 5.65. The minimum atomic E-state index is -1.70. The molecule has 0 aliphatic heterocycles. The smallest absolute Gasteiger partial charge is 0.201 e. The molecule has 35 heavy (non-hydrogen) atoms. The van der Waals surface area contributed by atoms with Crippen LogP contribution in [-0.2, 0) is 6.61 Å². The van der Waals surface area contributed by atoms with Gasteiger partial charge in [0.2, 0.25) is 5.82 Å². The maximum Gasteiger partial charge on any atom is 0.201 e. The maximum absolute atomic E-state index is 14.7. The van der Waals surface area contributed by atoms with Crippen molar-refractivity contribution in [1.82, 2.24) is 0 Å². The third-order valence-corrected chi connectivity index (χ3v) is 6.82. The molecule has 0 atom stereocenters. The second-order valence-electron chi connectivity index (χ2n) is 9.14. The SMILES string of the molecule is CCCC1CCC(c2ccc(COc3ccc(-c4cc(F)c(F)c(F)c4)c(F)c3F)c(F)c2)CC1. The van der Waals surface area contributed by atoms with Crippen LogP contribution in [-0.4, -0.2) is 0 Å². The highest BCUT2D eigenvalue weighted by Gasteiger charge is 2.23. The lowest BCUT2D eigenvalue weighted by Crippen LogP contribution is -2.13. The summed E-state index contributed by atoms with van der Waals surface area (Å²) in [7, 11) is 0. The molecule has 3 aromatic carbocycles. The summed E-state index contributed by atoms with van der Waals surface area (Å²) in [5.41, 5.74) is 0.299. The van der Waals surface area contributed by atoms with Gasteiger partial charge in [-0.05, 0) is 79.0 Å². The van der Waals surface area contributed by atoms with Crippen molar-refractivity contribution in [1.29, 1.82) is 0 Å². The zero-order valence-corrected chi connectivity index (χ0v) is 19.3. The van der Waals surface area contributed by atoms with Gasteiger partial charge in [-0.3, -0.25) is 0 Å². The molecular formula is C28H26F6O. The van der Waals surface area contributed by atoms with E-state index in [1.165, 1.54) is 18.9 Å². The fraction of sp³-hybridized carbons (Fsp3) is 0.357. The van der Waals surface area contributed by atoms with Crippen molar-refractivity contribution in [2.24, 2.45) is 5.92 Å². The summed E-state index contributed by atoms with van der Waals surface area (Å²) < 4.78 is 89.3. The predicted octanol–water partition coefficient (Wildman–Crippen LogP) is 8.84. The quantitative estimate of drug-likeness (QED) is 0.236. The lowest BCUT2D eigenvalue weighted by Gasteiger charge is -2.28. The first-order chi connectivity index (χ1) is 16.8. The lowest BCUT2D eigenvalue weighted by molar-refractivity contribution is 0.279. The summed E-state index contributed by atoms with van der Waals surface area (Å²) in [5, 5.41) is 0. The standard InChI is InChI=1S/C28H26F6O/c1-2-3-16-4-6-17(7-5-16)18-8-9-19(22(29)12-18)15-35-25-11-10-21(26(32)28(25)34)20-13-23(30)27(33)24(31)14-20/h8-14,16-17H,2-7,15H2,1H3. The van der Waals surface area contributed by atoms with E-state index in [-0.39, 0.29) is 17.7 Å². The summed E-state index contributed by atoms with van der Waals surface area (Å²) in [6, 6.07) is 8.22. The number of halogens is 6. The predicted molar refractivity (Wildman–Crippen MR) is 122 cm³/mol. The Morgan fingerprint density at radius 3 is 2.06 bits per heavy atom. The van der Waals surface area contributed by atoms with Gasteiger partial charge in [-0.1, -0.05) is 31.9 Å². The van der Waals surface area contributed by atoms with E-state index in [2.05, 4.69) is 6.92 Å². The summed E-state index contributed by atoms with van der Waals surface area (Å²) >= 11 is 0. The highest BCUT2D eigenvalue weighted by atomic mass is 19.2. The molecule has 0 amide bonds. The lowest BCUT2D eigenvalue weighted by atomic mass is 9.77. The van der Waals surface area contributed by atoms with Crippen LogP contribution in [0, 0.1) is 40.8 Å². The normalized spacial score (nSPS) is 18.0. The van der Waals surface area contributed by atoms with Crippen LogP contribution in [0.25, 0.3) is 11.1 Å². The highest BCUT2D eigenvalue weighted by Crippen LogP contribution is 2.38. The first kappa shape index (κ1) is 25.1. The Kier molecular flexibility index (Phi) is 7.72. The average molecular weight is 493 g/mol. The van der Waals surface area contributed by atoms with E-state index in [1.807, 2.05) is 6.07 Å². The fourth-order valence-corrected chi connectivity index (χ4v) is 4.86. The number of ether oxygens (including phenoxy) is 1. The van der Waals surface area contributed by atoms with Crippen LogP contribution in [0.4, 0.5) is 26.3 Å². The molecule has 1 nitrogen and oxygen atoms in total. The maximum atomic E-state index is 14.7. The van der Waals surface area contributed by atoms with Crippen LogP contribution < -0.4 is 4.74 Å². The van der Waals surface area contributed by atoms with Crippen molar-refractivity contribution in [3.63, 3.8) is 0 Å². The molecule has 3 aromatic rings. The summed E-state index contributed by atoms with van der Waals surface area (Å²) in [5.74, 6) is -7.45. The molecule has 4 rings (SSSR count). The molecule has 1 fully saturated rings. The fourth-order valence-electron chi connectivity index (χ4n) is 4.86. The second kappa shape index (κ2) is 10.8. The molecule has 0 aromatic heterocycles. The van der Waals surface area contributed by atoms with Gasteiger partial charge in [-0.2, -0.15) is 4.39 Å². The Balaban J connectivity index is 1.45. The first-order valence-corrected chi connectivity index (χ1v) is 11.8. The molecule has 1 saturated carbocycles. The molecule has 0 radical (unpaired) electrons. The van der Waals surface area contributed by atoms with Gasteiger partial charge in [0.15, 0.2) is 29.0 Å². The van der Waals surface area contributed by atoms with Gasteiger partial charge in [0.1, 0.15) is 12.4 Å². The topological polar surface area (TPSA) is 9.23 Å². The van der Waals surface area contributed by atoms with Crippen LogP contribution in [0.1, 0.15) is 62.5 Å². The monoisotopic (exact) mass is 492 g/mol. The van der Waals surface area contributed by atoms with E-state index in [0.29, 0.717) is 18.1 Å². The third-order valence-electron chi connectivity index (χ3n) is 6.82. The summed E-state index contributed by atoms with van der Waals surface area (Å²) in [4.78, 5) is 0. The number of rotatable bonds is 7. The Morgan fingerprint density at radius 2 is 1.43 bits per heavy atom. The Labute approximate surface area is 200 Å². The minimum absolute atomic E-state index is 0.194. The van der Waals surface area contributed by atoms with Crippen molar-refractivity contribution in [2.45, 2.75) is 58.0 Å². The van der Waals surface area contributed by atoms with Crippen molar-refractivity contribution in [3.8, 4) is 16.9 Å². The zero-order chi connectivity index (χ0) is 25.1. The van der Waals surface area contributed by atoms with Crippen molar-refractivity contribution in [2.75, 3.05) is 0 Å². The molecule has 0 spiro atoms. The van der Waals surface area contributed by atoms with Gasteiger partial charge in [-0.25, -0.2) is 22.0 Å². The number of hydrogen-bond acceptors (Lipinski definition) is 1. The zero-order valence-electron chi connectivity index (χ0n) is 19.3. The number of hydrogen-bond donors (Lipinski definition) is 0. The largest absolute Gasteiger partial charge is 0.486 e. The Morgan fingerprint density at radius 1 is 0.743 bits per heavy atom. The Hall–Kier alpha value is -2.96. The van der Waals surface area contributed by atoms with Gasteiger partial charge in [0.05, 0.1) is 0 Å².